The lowest BCUT2D eigenvalue weighted by molar-refractivity contribution is 0.601. The molecule has 5 nitrogen and oxygen atoms in total. The molecule has 0 saturated carbocycles. The second-order valence-electron chi connectivity index (χ2n) is 5.57. The van der Waals surface area contributed by atoms with Gasteiger partial charge in [0.2, 0.25) is 0 Å². The van der Waals surface area contributed by atoms with Crippen molar-refractivity contribution < 1.29 is 8.42 Å². The molecule has 0 unspecified atom stereocenters. The van der Waals surface area contributed by atoms with Crippen molar-refractivity contribution >= 4 is 48.9 Å². The summed E-state index contributed by atoms with van der Waals surface area (Å²) in [6.07, 6.45) is 0. The van der Waals surface area contributed by atoms with Gasteiger partial charge in [-0.05, 0) is 56.3 Å². The average Bonchev–Trinajstić information content (AvgIpc) is 2.82. The number of benzene rings is 2. The largest absolute Gasteiger partial charge is 0.308 e. The summed E-state index contributed by atoms with van der Waals surface area (Å²) in [5, 5.41) is 0.468. The highest BCUT2D eigenvalue weighted by Crippen LogP contribution is 2.26. The van der Waals surface area contributed by atoms with Crippen LogP contribution < -0.4 is 9.60 Å². The second kappa shape index (κ2) is 6.23. The Balaban J connectivity index is 1.98. The Kier molecular flexibility index (Phi) is 4.42. The summed E-state index contributed by atoms with van der Waals surface area (Å²) in [6, 6.07) is 11.1. The molecule has 24 heavy (non-hydrogen) atoms. The molecular weight excluding hydrogens is 368 g/mol. The van der Waals surface area contributed by atoms with Gasteiger partial charge in [-0.3, -0.25) is 14.1 Å². The third-order valence-electron chi connectivity index (χ3n) is 3.51. The van der Waals surface area contributed by atoms with Crippen LogP contribution in [0, 0.1) is 0 Å². The lowest BCUT2D eigenvalue weighted by atomic mass is 10.3. The molecule has 3 aromatic rings. The van der Waals surface area contributed by atoms with E-state index < -0.39 is 10.0 Å². The van der Waals surface area contributed by atoms with Crippen molar-refractivity contribution in [1.29, 1.82) is 0 Å². The Labute approximate surface area is 148 Å². The van der Waals surface area contributed by atoms with E-state index in [9.17, 15) is 13.2 Å². The SMILES string of the molecule is CC(C)n1c(=O)sc2cc(NS(=O)(=O)c3ccc(Cl)cc3)ccc21. The Morgan fingerprint density at radius 2 is 1.79 bits per heavy atom. The molecule has 8 heteroatoms. The maximum Gasteiger partial charge on any atom is 0.308 e. The Morgan fingerprint density at radius 1 is 1.12 bits per heavy atom. The van der Waals surface area contributed by atoms with Gasteiger partial charge in [-0.25, -0.2) is 8.42 Å². The van der Waals surface area contributed by atoms with E-state index in [4.69, 9.17) is 11.6 Å². The highest BCUT2D eigenvalue weighted by atomic mass is 35.5. The molecule has 0 aliphatic rings. The van der Waals surface area contributed by atoms with Crippen LogP contribution in [0.25, 0.3) is 10.2 Å². The minimum Gasteiger partial charge on any atom is -0.296 e. The van der Waals surface area contributed by atoms with E-state index >= 15 is 0 Å². The fourth-order valence-electron chi connectivity index (χ4n) is 2.42. The molecule has 1 heterocycles. The zero-order valence-electron chi connectivity index (χ0n) is 13.0. The number of aromatic nitrogens is 1. The van der Waals surface area contributed by atoms with Gasteiger partial charge < -0.3 is 0 Å². The maximum absolute atomic E-state index is 12.4. The van der Waals surface area contributed by atoms with Crippen molar-refractivity contribution in [2.45, 2.75) is 24.8 Å². The number of hydrogen-bond donors (Lipinski definition) is 1. The Morgan fingerprint density at radius 3 is 2.42 bits per heavy atom. The van der Waals surface area contributed by atoms with Gasteiger partial charge in [0, 0.05) is 11.1 Å². The van der Waals surface area contributed by atoms with Gasteiger partial charge in [0.05, 0.1) is 20.8 Å². The van der Waals surface area contributed by atoms with Crippen LogP contribution in [0.2, 0.25) is 5.02 Å². The van der Waals surface area contributed by atoms with E-state index in [1.807, 2.05) is 13.8 Å². The third-order valence-corrected chi connectivity index (χ3v) is 6.07. The smallest absolute Gasteiger partial charge is 0.296 e. The number of thiazole rings is 1. The molecule has 1 N–H and O–H groups in total. The first kappa shape index (κ1) is 17.0. The molecule has 0 saturated heterocycles. The van der Waals surface area contributed by atoms with Crippen molar-refractivity contribution in [3.8, 4) is 0 Å². The van der Waals surface area contributed by atoms with Crippen molar-refractivity contribution in [2.75, 3.05) is 4.72 Å². The minimum absolute atomic E-state index is 0.0443. The zero-order chi connectivity index (χ0) is 17.5. The predicted octanol–water partition coefficient (Wildman–Crippen LogP) is 4.10. The van der Waals surface area contributed by atoms with Crippen LogP contribution in [0.3, 0.4) is 0 Å². The molecule has 0 atom stereocenters. The molecular formula is C16H15ClN2O3S2. The van der Waals surface area contributed by atoms with E-state index in [2.05, 4.69) is 4.72 Å². The molecule has 0 amide bonds. The molecule has 0 aliphatic carbocycles. The van der Waals surface area contributed by atoms with Crippen LogP contribution in [0.15, 0.2) is 52.2 Å². The first-order chi connectivity index (χ1) is 11.3. The zero-order valence-corrected chi connectivity index (χ0v) is 15.4. The molecule has 0 bridgehead atoms. The lowest BCUT2D eigenvalue weighted by Gasteiger charge is -2.10. The number of hydrogen-bond acceptors (Lipinski definition) is 4. The summed E-state index contributed by atoms with van der Waals surface area (Å²) in [4.78, 5) is 12.1. The molecule has 0 fully saturated rings. The number of fused-ring (bicyclic) bond motifs is 1. The predicted molar refractivity (Wildman–Crippen MR) is 98.7 cm³/mol. The van der Waals surface area contributed by atoms with E-state index in [-0.39, 0.29) is 15.8 Å². The normalized spacial score (nSPS) is 12.0. The number of sulfonamides is 1. The summed E-state index contributed by atoms with van der Waals surface area (Å²) in [7, 11) is -3.71. The van der Waals surface area contributed by atoms with Gasteiger partial charge in [-0.1, -0.05) is 22.9 Å². The minimum atomic E-state index is -3.71. The molecule has 1 aromatic heterocycles. The third kappa shape index (κ3) is 3.19. The molecule has 0 spiro atoms. The van der Waals surface area contributed by atoms with Crippen LogP contribution in [-0.2, 0) is 10.0 Å². The highest BCUT2D eigenvalue weighted by Gasteiger charge is 2.16. The molecule has 0 aliphatic heterocycles. The summed E-state index contributed by atoms with van der Waals surface area (Å²) in [6.45, 7) is 3.87. The van der Waals surface area contributed by atoms with E-state index in [0.29, 0.717) is 10.7 Å². The van der Waals surface area contributed by atoms with Gasteiger partial charge in [0.25, 0.3) is 10.0 Å². The van der Waals surface area contributed by atoms with Crippen molar-refractivity contribution in [1.82, 2.24) is 4.57 Å². The summed E-state index contributed by atoms with van der Waals surface area (Å²) in [5.41, 5.74) is 1.21. The van der Waals surface area contributed by atoms with Crippen LogP contribution in [0.4, 0.5) is 5.69 Å². The monoisotopic (exact) mass is 382 g/mol. The van der Waals surface area contributed by atoms with Crippen LogP contribution in [0.5, 0.6) is 0 Å². The van der Waals surface area contributed by atoms with Crippen LogP contribution in [0.1, 0.15) is 19.9 Å². The number of nitrogens with one attached hydrogen (secondary N) is 1. The number of nitrogens with zero attached hydrogens (tertiary/aromatic N) is 1. The van der Waals surface area contributed by atoms with E-state index in [0.717, 1.165) is 21.6 Å². The van der Waals surface area contributed by atoms with Gasteiger partial charge in [0.15, 0.2) is 0 Å². The summed E-state index contributed by atoms with van der Waals surface area (Å²) in [5.74, 6) is 0. The second-order valence-corrected chi connectivity index (χ2v) is 8.69. The first-order valence-electron chi connectivity index (χ1n) is 7.21. The van der Waals surface area contributed by atoms with E-state index in [1.165, 1.54) is 24.3 Å². The number of halogens is 1. The number of anilines is 1. The quantitative estimate of drug-likeness (QED) is 0.738. The number of rotatable bonds is 4. The van der Waals surface area contributed by atoms with Gasteiger partial charge >= 0.3 is 4.87 Å². The van der Waals surface area contributed by atoms with E-state index in [1.54, 1.807) is 22.8 Å². The lowest BCUT2D eigenvalue weighted by Crippen LogP contribution is -2.14. The fourth-order valence-corrected chi connectivity index (χ4v) is 4.64. The molecule has 0 radical (unpaired) electrons. The van der Waals surface area contributed by atoms with Crippen molar-refractivity contribution in [3.63, 3.8) is 0 Å². The topological polar surface area (TPSA) is 68.2 Å². The average molecular weight is 383 g/mol. The van der Waals surface area contributed by atoms with Crippen LogP contribution in [-0.4, -0.2) is 13.0 Å². The van der Waals surface area contributed by atoms with Crippen LogP contribution >= 0.6 is 22.9 Å². The molecule has 3 rings (SSSR count). The van der Waals surface area contributed by atoms with Gasteiger partial charge in [-0.15, -0.1) is 0 Å². The Bertz CT molecular complexity index is 1050. The molecule has 126 valence electrons. The highest BCUT2D eigenvalue weighted by molar-refractivity contribution is 7.92. The Hall–Kier alpha value is -1.83. The van der Waals surface area contributed by atoms with Gasteiger partial charge in [-0.2, -0.15) is 0 Å². The maximum atomic E-state index is 12.4. The fraction of sp³-hybridized carbons (Fsp3) is 0.188. The summed E-state index contributed by atoms with van der Waals surface area (Å²) >= 11 is 6.88. The van der Waals surface area contributed by atoms with Gasteiger partial charge in [0.1, 0.15) is 0 Å². The van der Waals surface area contributed by atoms with Crippen molar-refractivity contribution in [2.24, 2.45) is 0 Å². The van der Waals surface area contributed by atoms with Crippen molar-refractivity contribution in [3.05, 3.63) is 57.2 Å². The molecule has 2 aromatic carbocycles. The standard InChI is InChI=1S/C16H15ClN2O3S2/c1-10(2)19-14-8-5-12(9-15(14)23-16(19)20)18-24(21,22)13-6-3-11(17)4-7-13/h3-10,18H,1-2H3. The first-order valence-corrected chi connectivity index (χ1v) is 9.89. The summed E-state index contributed by atoms with van der Waals surface area (Å²) < 4.78 is 29.8.